The first kappa shape index (κ1) is 9.68. The van der Waals surface area contributed by atoms with Crippen LogP contribution in [-0.4, -0.2) is 30.0 Å². The maximum absolute atomic E-state index is 5.00. The molecule has 1 fully saturated rings. The van der Waals surface area contributed by atoms with E-state index in [-0.39, 0.29) is 0 Å². The summed E-state index contributed by atoms with van der Waals surface area (Å²) in [6.45, 7) is 2.69. The lowest BCUT2D eigenvalue weighted by atomic mass is 10.1. The number of rotatable bonds is 4. The molecule has 14 heavy (non-hydrogen) atoms. The average molecular weight is 195 g/mol. The fourth-order valence-electron chi connectivity index (χ4n) is 1.84. The molecule has 4 heteroatoms. The quantitative estimate of drug-likeness (QED) is 0.777. The molecular formula is C10H17N3O. The molecular weight excluding hydrogens is 178 g/mol. The molecule has 0 aromatic carbocycles. The van der Waals surface area contributed by atoms with Crippen molar-refractivity contribution in [3.63, 3.8) is 0 Å². The Balaban J connectivity index is 1.94. The Kier molecular flexibility index (Phi) is 3.16. The van der Waals surface area contributed by atoms with Crippen LogP contribution >= 0.6 is 0 Å². The maximum Gasteiger partial charge on any atom is 0.0658 e. The van der Waals surface area contributed by atoms with Crippen LogP contribution in [0.4, 0.5) is 0 Å². The first-order chi connectivity index (χ1) is 6.90. The number of nitrogens with zero attached hydrogens (tertiary/aromatic N) is 2. The highest BCUT2D eigenvalue weighted by atomic mass is 16.5. The molecule has 4 nitrogen and oxygen atoms in total. The number of nitrogens with one attached hydrogen (secondary N) is 1. The fraction of sp³-hybridized carbons (Fsp3) is 0.700. The summed E-state index contributed by atoms with van der Waals surface area (Å²) in [7, 11) is 1.71. The third-order valence-electron chi connectivity index (χ3n) is 2.64. The van der Waals surface area contributed by atoms with Crippen molar-refractivity contribution in [1.82, 2.24) is 15.1 Å². The molecule has 0 spiro atoms. The zero-order chi connectivity index (χ0) is 9.80. The van der Waals surface area contributed by atoms with Gasteiger partial charge < -0.3 is 10.1 Å². The number of methoxy groups -OCH3 is 1. The van der Waals surface area contributed by atoms with Crippen LogP contribution in [0, 0.1) is 0 Å². The Morgan fingerprint density at radius 3 is 3.36 bits per heavy atom. The summed E-state index contributed by atoms with van der Waals surface area (Å²) in [5, 5.41) is 7.75. The average Bonchev–Trinajstić information content (AvgIpc) is 2.85. The van der Waals surface area contributed by atoms with Gasteiger partial charge in [0.1, 0.15) is 0 Å². The van der Waals surface area contributed by atoms with E-state index in [4.69, 9.17) is 4.74 Å². The van der Waals surface area contributed by atoms with E-state index in [1.54, 1.807) is 7.11 Å². The molecule has 1 N–H and O–H groups in total. The van der Waals surface area contributed by atoms with Crippen LogP contribution in [-0.2, 0) is 11.3 Å². The molecule has 0 saturated carbocycles. The van der Waals surface area contributed by atoms with E-state index >= 15 is 0 Å². The monoisotopic (exact) mass is 195 g/mol. The molecule has 1 atom stereocenters. The molecule has 0 aliphatic carbocycles. The van der Waals surface area contributed by atoms with Crippen molar-refractivity contribution >= 4 is 0 Å². The maximum atomic E-state index is 5.00. The van der Waals surface area contributed by atoms with Gasteiger partial charge in [0.05, 0.1) is 19.3 Å². The van der Waals surface area contributed by atoms with Crippen molar-refractivity contribution in [2.45, 2.75) is 25.4 Å². The minimum Gasteiger partial charge on any atom is -0.383 e. The van der Waals surface area contributed by atoms with Gasteiger partial charge in [-0.15, -0.1) is 0 Å². The molecule has 1 aromatic heterocycles. The van der Waals surface area contributed by atoms with E-state index in [9.17, 15) is 0 Å². The second-order valence-corrected chi connectivity index (χ2v) is 3.68. The summed E-state index contributed by atoms with van der Waals surface area (Å²) in [6.07, 6.45) is 6.57. The number of aromatic nitrogens is 2. The van der Waals surface area contributed by atoms with Crippen LogP contribution < -0.4 is 5.32 Å². The third kappa shape index (κ3) is 2.13. The van der Waals surface area contributed by atoms with Gasteiger partial charge in [-0.3, -0.25) is 4.68 Å². The second kappa shape index (κ2) is 4.57. The van der Waals surface area contributed by atoms with E-state index in [0.717, 1.165) is 19.7 Å². The van der Waals surface area contributed by atoms with Gasteiger partial charge >= 0.3 is 0 Å². The molecule has 78 valence electrons. The van der Waals surface area contributed by atoms with E-state index in [1.165, 1.54) is 18.4 Å². The third-order valence-corrected chi connectivity index (χ3v) is 2.64. The van der Waals surface area contributed by atoms with E-state index in [0.29, 0.717) is 6.04 Å². The lowest BCUT2D eigenvalue weighted by Gasteiger charge is -2.05. The number of hydrogen-bond donors (Lipinski definition) is 1. The van der Waals surface area contributed by atoms with Crippen LogP contribution in [0.1, 0.15) is 24.4 Å². The predicted molar refractivity (Wildman–Crippen MR) is 54.1 cm³/mol. The van der Waals surface area contributed by atoms with Crippen molar-refractivity contribution in [2.75, 3.05) is 20.3 Å². The van der Waals surface area contributed by atoms with Crippen LogP contribution in [0.3, 0.4) is 0 Å². The summed E-state index contributed by atoms with van der Waals surface area (Å²) < 4.78 is 6.95. The SMILES string of the molecule is COCCn1cc([C@@H]2CCCN2)cn1. The highest BCUT2D eigenvalue weighted by molar-refractivity contribution is 5.11. The summed E-state index contributed by atoms with van der Waals surface area (Å²) in [5.74, 6) is 0. The van der Waals surface area contributed by atoms with Crippen molar-refractivity contribution < 1.29 is 4.74 Å². The van der Waals surface area contributed by atoms with Crippen molar-refractivity contribution in [3.05, 3.63) is 18.0 Å². The predicted octanol–water partition coefficient (Wildman–Crippen LogP) is 0.954. The molecule has 2 rings (SSSR count). The summed E-state index contributed by atoms with van der Waals surface area (Å²) in [5.41, 5.74) is 1.30. The molecule has 0 radical (unpaired) electrons. The Bertz CT molecular complexity index is 279. The smallest absolute Gasteiger partial charge is 0.0658 e. The topological polar surface area (TPSA) is 39.1 Å². The largest absolute Gasteiger partial charge is 0.383 e. The van der Waals surface area contributed by atoms with Crippen LogP contribution in [0.25, 0.3) is 0 Å². The van der Waals surface area contributed by atoms with Gasteiger partial charge in [0.15, 0.2) is 0 Å². The lowest BCUT2D eigenvalue weighted by molar-refractivity contribution is 0.183. The zero-order valence-electron chi connectivity index (χ0n) is 8.57. The number of ether oxygens (including phenoxy) is 1. The van der Waals surface area contributed by atoms with Crippen LogP contribution in [0.5, 0.6) is 0 Å². The summed E-state index contributed by atoms with van der Waals surface area (Å²) >= 11 is 0. The summed E-state index contributed by atoms with van der Waals surface area (Å²) in [4.78, 5) is 0. The first-order valence-corrected chi connectivity index (χ1v) is 5.15. The van der Waals surface area contributed by atoms with Crippen molar-refractivity contribution in [3.8, 4) is 0 Å². The standard InChI is InChI=1S/C10H17N3O/c1-14-6-5-13-8-9(7-12-13)10-3-2-4-11-10/h7-8,10-11H,2-6H2,1H3/t10-/m0/s1. The molecule has 1 saturated heterocycles. The second-order valence-electron chi connectivity index (χ2n) is 3.68. The first-order valence-electron chi connectivity index (χ1n) is 5.15. The van der Waals surface area contributed by atoms with Crippen molar-refractivity contribution in [1.29, 1.82) is 0 Å². The van der Waals surface area contributed by atoms with Gasteiger partial charge in [0.2, 0.25) is 0 Å². The van der Waals surface area contributed by atoms with E-state index in [1.807, 2.05) is 10.9 Å². The number of hydrogen-bond acceptors (Lipinski definition) is 3. The van der Waals surface area contributed by atoms with Gasteiger partial charge in [-0.2, -0.15) is 5.10 Å². The molecule has 2 heterocycles. The van der Waals surface area contributed by atoms with Crippen LogP contribution in [0.15, 0.2) is 12.4 Å². The van der Waals surface area contributed by atoms with Gasteiger partial charge in [-0.25, -0.2) is 0 Å². The van der Waals surface area contributed by atoms with Crippen LogP contribution in [0.2, 0.25) is 0 Å². The van der Waals surface area contributed by atoms with Crippen molar-refractivity contribution in [2.24, 2.45) is 0 Å². The minimum atomic E-state index is 0.520. The Morgan fingerprint density at radius 1 is 1.71 bits per heavy atom. The summed E-state index contributed by atoms with van der Waals surface area (Å²) in [6, 6.07) is 0.520. The Morgan fingerprint density at radius 2 is 2.64 bits per heavy atom. The van der Waals surface area contributed by atoms with E-state index < -0.39 is 0 Å². The zero-order valence-corrected chi connectivity index (χ0v) is 8.57. The molecule has 0 bridgehead atoms. The van der Waals surface area contributed by atoms with Gasteiger partial charge in [0, 0.05) is 24.9 Å². The normalized spacial score (nSPS) is 21.6. The fourth-order valence-corrected chi connectivity index (χ4v) is 1.84. The Hall–Kier alpha value is -0.870. The van der Waals surface area contributed by atoms with E-state index in [2.05, 4.69) is 16.6 Å². The van der Waals surface area contributed by atoms with Gasteiger partial charge in [-0.05, 0) is 19.4 Å². The Labute approximate surface area is 84.3 Å². The molecule has 0 unspecified atom stereocenters. The highest BCUT2D eigenvalue weighted by Gasteiger charge is 2.17. The van der Waals surface area contributed by atoms with Gasteiger partial charge in [-0.1, -0.05) is 0 Å². The highest BCUT2D eigenvalue weighted by Crippen LogP contribution is 2.21. The molecule has 0 amide bonds. The lowest BCUT2D eigenvalue weighted by Crippen LogP contribution is -2.12. The minimum absolute atomic E-state index is 0.520. The molecule has 1 aliphatic rings. The van der Waals surface area contributed by atoms with Gasteiger partial charge in [0.25, 0.3) is 0 Å². The molecule has 1 aromatic rings. The molecule has 1 aliphatic heterocycles.